The highest BCUT2D eigenvalue weighted by Gasteiger charge is 2.24. The third-order valence-corrected chi connectivity index (χ3v) is 6.69. The zero-order valence-corrected chi connectivity index (χ0v) is 19.4. The molecule has 1 saturated heterocycles. The highest BCUT2D eigenvalue weighted by atomic mass is 16.5. The lowest BCUT2D eigenvalue weighted by Gasteiger charge is -2.31. The third-order valence-electron chi connectivity index (χ3n) is 6.69. The average molecular weight is 463 g/mol. The lowest BCUT2D eigenvalue weighted by atomic mass is 9.97. The van der Waals surface area contributed by atoms with E-state index in [0.29, 0.717) is 25.0 Å². The number of anilines is 1. The molecule has 34 heavy (non-hydrogen) atoms. The summed E-state index contributed by atoms with van der Waals surface area (Å²) in [4.78, 5) is 34.5. The van der Waals surface area contributed by atoms with Crippen molar-refractivity contribution in [2.24, 2.45) is 5.92 Å². The number of ether oxygens (including phenoxy) is 1. The van der Waals surface area contributed by atoms with Crippen LogP contribution in [0.4, 0.5) is 15.5 Å². The standard InChI is InChI=1S/C25H30N6O3/c1-2-34-25(33)29-24(32)30-13-9-17(10-14-30)15-27-23-26-11-8-21(28-23)20-16-31-12-4-6-18-5-3-7-19(20)22(18)31/h3,5,7-8,11,16-17H,2,4,6,9-10,12-15H2,1H3,(H,26,27,28)(H,29,32,33). The Morgan fingerprint density at radius 3 is 2.85 bits per heavy atom. The van der Waals surface area contributed by atoms with E-state index < -0.39 is 12.1 Å². The number of likely N-dealkylation sites (tertiary alicyclic amines) is 1. The highest BCUT2D eigenvalue weighted by molar-refractivity contribution is 5.97. The first-order valence-corrected chi connectivity index (χ1v) is 12.0. The molecular formula is C25H30N6O3. The van der Waals surface area contributed by atoms with Crippen LogP contribution in [0.15, 0.2) is 36.7 Å². The molecule has 9 nitrogen and oxygen atoms in total. The van der Waals surface area contributed by atoms with Gasteiger partial charge in [-0.25, -0.2) is 24.9 Å². The van der Waals surface area contributed by atoms with Crippen molar-refractivity contribution in [3.63, 3.8) is 0 Å². The lowest BCUT2D eigenvalue weighted by molar-refractivity contribution is 0.141. The first-order chi connectivity index (χ1) is 16.6. The number of aryl methyl sites for hydroxylation is 2. The largest absolute Gasteiger partial charge is 0.450 e. The van der Waals surface area contributed by atoms with Crippen LogP contribution in [0.2, 0.25) is 0 Å². The number of piperidine rings is 1. The molecule has 2 aliphatic heterocycles. The predicted molar refractivity (Wildman–Crippen MR) is 130 cm³/mol. The molecule has 4 heterocycles. The van der Waals surface area contributed by atoms with E-state index in [1.165, 1.54) is 22.9 Å². The molecule has 0 radical (unpaired) electrons. The molecule has 178 valence electrons. The van der Waals surface area contributed by atoms with Gasteiger partial charge in [0.2, 0.25) is 5.95 Å². The van der Waals surface area contributed by atoms with Gasteiger partial charge in [0, 0.05) is 49.5 Å². The van der Waals surface area contributed by atoms with E-state index in [1.807, 2.05) is 6.07 Å². The molecule has 0 bridgehead atoms. The maximum atomic E-state index is 12.2. The Kier molecular flexibility index (Phi) is 6.33. The molecule has 5 rings (SSSR count). The zero-order valence-electron chi connectivity index (χ0n) is 19.4. The molecule has 1 fully saturated rings. The van der Waals surface area contributed by atoms with E-state index in [-0.39, 0.29) is 6.61 Å². The number of hydrogen-bond donors (Lipinski definition) is 2. The Bertz CT molecular complexity index is 1200. The number of imide groups is 1. The number of urea groups is 1. The van der Waals surface area contributed by atoms with Gasteiger partial charge in [-0.05, 0) is 50.2 Å². The molecule has 0 atom stereocenters. The molecule has 9 heteroatoms. The van der Waals surface area contributed by atoms with Crippen LogP contribution in [0.3, 0.4) is 0 Å². The summed E-state index contributed by atoms with van der Waals surface area (Å²) in [5.41, 5.74) is 4.80. The second kappa shape index (κ2) is 9.70. The molecule has 0 spiro atoms. The average Bonchev–Trinajstić information content (AvgIpc) is 3.24. The summed E-state index contributed by atoms with van der Waals surface area (Å²) in [5, 5.41) is 6.89. The quantitative estimate of drug-likeness (QED) is 0.594. The number of aromatic nitrogens is 3. The molecule has 3 aromatic rings. The number of alkyl carbamates (subject to hydrolysis) is 1. The first kappa shape index (κ1) is 22.2. The van der Waals surface area contributed by atoms with Crippen LogP contribution in [0.1, 0.15) is 31.7 Å². The van der Waals surface area contributed by atoms with E-state index in [9.17, 15) is 9.59 Å². The molecule has 2 N–H and O–H groups in total. The van der Waals surface area contributed by atoms with Crippen LogP contribution < -0.4 is 10.6 Å². The summed E-state index contributed by atoms with van der Waals surface area (Å²) in [6, 6.07) is 8.11. The molecule has 3 amide bonds. The van der Waals surface area contributed by atoms with E-state index in [2.05, 4.69) is 44.6 Å². The summed E-state index contributed by atoms with van der Waals surface area (Å²) in [6.45, 7) is 4.91. The van der Waals surface area contributed by atoms with Crippen molar-refractivity contribution in [1.82, 2.24) is 24.8 Å². The van der Waals surface area contributed by atoms with Crippen LogP contribution in [-0.4, -0.2) is 57.8 Å². The molecule has 0 unspecified atom stereocenters. The van der Waals surface area contributed by atoms with Crippen molar-refractivity contribution < 1.29 is 14.3 Å². The summed E-state index contributed by atoms with van der Waals surface area (Å²) < 4.78 is 7.12. The van der Waals surface area contributed by atoms with Crippen LogP contribution >= 0.6 is 0 Å². The second-order valence-corrected chi connectivity index (χ2v) is 8.88. The van der Waals surface area contributed by atoms with Crippen molar-refractivity contribution in [3.8, 4) is 11.3 Å². The van der Waals surface area contributed by atoms with Crippen molar-refractivity contribution in [2.45, 2.75) is 39.2 Å². The molecule has 2 aromatic heterocycles. The fraction of sp³-hybridized carbons (Fsp3) is 0.440. The molecule has 2 aliphatic rings. The van der Waals surface area contributed by atoms with Crippen LogP contribution in [0.25, 0.3) is 22.2 Å². The van der Waals surface area contributed by atoms with Crippen LogP contribution in [0, 0.1) is 5.92 Å². The Morgan fingerprint density at radius 2 is 2.03 bits per heavy atom. The van der Waals surface area contributed by atoms with Crippen molar-refractivity contribution in [2.75, 3.05) is 31.6 Å². The van der Waals surface area contributed by atoms with Gasteiger partial charge < -0.3 is 19.5 Å². The van der Waals surface area contributed by atoms with Crippen molar-refractivity contribution in [1.29, 1.82) is 0 Å². The minimum Gasteiger partial charge on any atom is -0.450 e. The van der Waals surface area contributed by atoms with E-state index in [4.69, 9.17) is 9.72 Å². The number of carbonyl (C=O) groups is 2. The first-order valence-electron chi connectivity index (χ1n) is 12.0. The number of nitrogens with zero attached hydrogens (tertiary/aromatic N) is 4. The van der Waals surface area contributed by atoms with Gasteiger partial charge >= 0.3 is 12.1 Å². The Hall–Kier alpha value is -3.62. The number of hydrogen-bond acceptors (Lipinski definition) is 6. The number of nitrogens with one attached hydrogen (secondary N) is 2. The Morgan fingerprint density at radius 1 is 1.18 bits per heavy atom. The topological polar surface area (TPSA) is 101 Å². The monoisotopic (exact) mass is 462 g/mol. The van der Waals surface area contributed by atoms with Gasteiger partial charge in [-0.2, -0.15) is 0 Å². The smallest absolute Gasteiger partial charge is 0.415 e. The molecule has 1 aromatic carbocycles. The number of benzene rings is 1. The van der Waals surface area contributed by atoms with E-state index >= 15 is 0 Å². The van der Waals surface area contributed by atoms with Gasteiger partial charge in [-0.1, -0.05) is 18.2 Å². The maximum Gasteiger partial charge on any atom is 0.415 e. The number of para-hydroxylation sites is 1. The normalized spacial score (nSPS) is 15.9. The molecular weight excluding hydrogens is 432 g/mol. The minimum absolute atomic E-state index is 0.235. The summed E-state index contributed by atoms with van der Waals surface area (Å²) >= 11 is 0. The number of carbonyl (C=O) groups excluding carboxylic acids is 2. The van der Waals surface area contributed by atoms with Crippen LogP contribution in [0.5, 0.6) is 0 Å². The van der Waals surface area contributed by atoms with Gasteiger partial charge in [-0.15, -0.1) is 0 Å². The van der Waals surface area contributed by atoms with Gasteiger partial charge in [0.1, 0.15) is 0 Å². The zero-order chi connectivity index (χ0) is 23.5. The fourth-order valence-corrected chi connectivity index (χ4v) is 4.96. The van der Waals surface area contributed by atoms with Gasteiger partial charge in [0.25, 0.3) is 0 Å². The van der Waals surface area contributed by atoms with Crippen molar-refractivity contribution in [3.05, 3.63) is 42.2 Å². The molecule has 0 saturated carbocycles. The Labute approximate surface area is 198 Å². The van der Waals surface area contributed by atoms with E-state index in [1.54, 1.807) is 18.0 Å². The SMILES string of the molecule is CCOC(=O)NC(=O)N1CCC(CNc2nccc(-c3cn4c5c(cccc35)CCC4)n2)CC1. The number of rotatable bonds is 5. The van der Waals surface area contributed by atoms with E-state index in [0.717, 1.165) is 43.6 Å². The number of amides is 3. The second-order valence-electron chi connectivity index (χ2n) is 8.88. The van der Waals surface area contributed by atoms with Gasteiger partial charge in [-0.3, -0.25) is 0 Å². The Balaban J connectivity index is 1.20. The minimum atomic E-state index is -0.700. The predicted octanol–water partition coefficient (Wildman–Crippen LogP) is 4.03. The van der Waals surface area contributed by atoms with Crippen LogP contribution in [-0.2, 0) is 17.7 Å². The maximum absolute atomic E-state index is 12.2. The van der Waals surface area contributed by atoms with Crippen molar-refractivity contribution >= 4 is 29.0 Å². The molecule has 0 aliphatic carbocycles. The lowest BCUT2D eigenvalue weighted by Crippen LogP contribution is -2.47. The third kappa shape index (κ3) is 4.55. The summed E-state index contributed by atoms with van der Waals surface area (Å²) in [6.07, 6.45) is 7.31. The summed E-state index contributed by atoms with van der Waals surface area (Å²) in [7, 11) is 0. The van der Waals surface area contributed by atoms with Gasteiger partial charge in [0.15, 0.2) is 0 Å². The fourth-order valence-electron chi connectivity index (χ4n) is 4.96. The highest BCUT2D eigenvalue weighted by Crippen LogP contribution is 2.34. The van der Waals surface area contributed by atoms with Gasteiger partial charge in [0.05, 0.1) is 17.8 Å². The summed E-state index contributed by atoms with van der Waals surface area (Å²) in [5.74, 6) is 1.02.